The number of amides is 2. The van der Waals surface area contributed by atoms with E-state index >= 15 is 0 Å². The molecule has 0 aliphatic rings. The molecule has 0 atom stereocenters. The fourth-order valence-electron chi connectivity index (χ4n) is 3.95. The summed E-state index contributed by atoms with van der Waals surface area (Å²) in [5.41, 5.74) is 2.70. The highest BCUT2D eigenvalue weighted by molar-refractivity contribution is 6.02. The smallest absolute Gasteiger partial charge is 0.291 e. The predicted octanol–water partition coefficient (Wildman–Crippen LogP) is 5.88. The van der Waals surface area contributed by atoms with Crippen LogP contribution in [0, 0.1) is 12.7 Å². The molecule has 7 heteroatoms. The fraction of sp³-hybridized carbons (Fsp3) is 0.214. The number of nitrogens with zero attached hydrogens (tertiary/aromatic N) is 2. The molecule has 0 aliphatic carbocycles. The lowest BCUT2D eigenvalue weighted by atomic mass is 10.1. The van der Waals surface area contributed by atoms with Gasteiger partial charge >= 0.3 is 0 Å². The minimum atomic E-state index is -0.521. The Balaban J connectivity index is 1.46. The van der Waals surface area contributed by atoms with Gasteiger partial charge in [0, 0.05) is 24.0 Å². The number of furan rings is 1. The summed E-state index contributed by atoms with van der Waals surface area (Å²) < 4.78 is 21.6. The third kappa shape index (κ3) is 5.69. The quantitative estimate of drug-likeness (QED) is 0.330. The van der Waals surface area contributed by atoms with Gasteiger partial charge < -0.3 is 19.2 Å². The van der Waals surface area contributed by atoms with E-state index in [1.165, 1.54) is 12.1 Å². The molecular weight excluding hydrogens is 445 g/mol. The highest BCUT2D eigenvalue weighted by Crippen LogP contribution is 2.18. The third-order valence-electron chi connectivity index (χ3n) is 5.77. The largest absolute Gasteiger partial charge is 0.454 e. The molecule has 0 unspecified atom stereocenters. The van der Waals surface area contributed by atoms with Crippen LogP contribution in [0.1, 0.15) is 51.3 Å². The van der Waals surface area contributed by atoms with Gasteiger partial charge in [-0.15, -0.1) is 0 Å². The van der Waals surface area contributed by atoms with Crippen LogP contribution in [-0.2, 0) is 13.1 Å². The average Bonchev–Trinajstić information content (AvgIpc) is 3.50. The first-order valence-electron chi connectivity index (χ1n) is 11.6. The molecule has 1 N–H and O–H groups in total. The second-order valence-corrected chi connectivity index (χ2v) is 8.37. The first kappa shape index (κ1) is 24.0. The van der Waals surface area contributed by atoms with Crippen LogP contribution in [0.2, 0.25) is 0 Å². The van der Waals surface area contributed by atoms with E-state index in [1.54, 1.807) is 24.3 Å². The minimum Gasteiger partial charge on any atom is -0.454 e. The van der Waals surface area contributed by atoms with Gasteiger partial charge in [-0.3, -0.25) is 9.59 Å². The van der Waals surface area contributed by atoms with E-state index in [9.17, 15) is 14.0 Å². The second-order valence-electron chi connectivity index (χ2n) is 8.37. The van der Waals surface area contributed by atoms with Crippen molar-refractivity contribution in [3.8, 4) is 0 Å². The fourth-order valence-corrected chi connectivity index (χ4v) is 3.95. The van der Waals surface area contributed by atoms with Crippen molar-refractivity contribution in [3.63, 3.8) is 0 Å². The van der Waals surface area contributed by atoms with Gasteiger partial charge in [-0.05, 0) is 61.4 Å². The number of anilines is 1. The molecule has 2 heterocycles. The van der Waals surface area contributed by atoms with Crippen molar-refractivity contribution in [1.82, 2.24) is 9.47 Å². The highest BCUT2D eigenvalue weighted by Gasteiger charge is 2.19. The Morgan fingerprint density at radius 3 is 2.54 bits per heavy atom. The Morgan fingerprint density at radius 2 is 1.77 bits per heavy atom. The SMILES string of the molecule is CCCN(Cc1cccn1Cc1ccc(C(=O)Nc2ccccc2F)o1)C(=O)c1ccccc1C. The molecule has 0 fully saturated rings. The lowest BCUT2D eigenvalue weighted by molar-refractivity contribution is 0.0738. The summed E-state index contributed by atoms with van der Waals surface area (Å²) in [6, 6.07) is 20.8. The van der Waals surface area contributed by atoms with Crippen molar-refractivity contribution in [1.29, 1.82) is 0 Å². The molecule has 6 nitrogen and oxygen atoms in total. The number of halogens is 1. The Morgan fingerprint density at radius 1 is 1.00 bits per heavy atom. The van der Waals surface area contributed by atoms with Crippen LogP contribution in [0.15, 0.2) is 83.4 Å². The highest BCUT2D eigenvalue weighted by atomic mass is 19.1. The molecule has 0 spiro atoms. The second kappa shape index (κ2) is 10.9. The predicted molar refractivity (Wildman–Crippen MR) is 133 cm³/mol. The minimum absolute atomic E-state index is 0.00259. The zero-order valence-electron chi connectivity index (χ0n) is 19.8. The monoisotopic (exact) mass is 473 g/mol. The molecule has 0 saturated heterocycles. The van der Waals surface area contributed by atoms with E-state index in [2.05, 4.69) is 5.32 Å². The Bertz CT molecular complexity index is 1320. The Hall–Kier alpha value is -4.13. The zero-order chi connectivity index (χ0) is 24.8. The van der Waals surface area contributed by atoms with E-state index in [4.69, 9.17) is 4.42 Å². The average molecular weight is 474 g/mol. The van der Waals surface area contributed by atoms with Crippen LogP contribution in [0.5, 0.6) is 0 Å². The number of hydrogen-bond acceptors (Lipinski definition) is 3. The maximum atomic E-state index is 13.8. The number of benzene rings is 2. The van der Waals surface area contributed by atoms with E-state index in [0.29, 0.717) is 31.0 Å². The summed E-state index contributed by atoms with van der Waals surface area (Å²) in [5.74, 6) is -0.357. The molecule has 180 valence electrons. The number of aryl methyl sites for hydroxylation is 1. The first-order valence-corrected chi connectivity index (χ1v) is 11.6. The maximum Gasteiger partial charge on any atom is 0.291 e. The molecule has 4 aromatic rings. The summed E-state index contributed by atoms with van der Waals surface area (Å²) in [5, 5.41) is 2.52. The van der Waals surface area contributed by atoms with Crippen molar-refractivity contribution >= 4 is 17.5 Å². The van der Waals surface area contributed by atoms with Gasteiger partial charge in [0.25, 0.3) is 11.8 Å². The van der Waals surface area contributed by atoms with Crippen molar-refractivity contribution in [2.24, 2.45) is 0 Å². The van der Waals surface area contributed by atoms with Gasteiger partial charge in [0.2, 0.25) is 0 Å². The molecule has 0 aliphatic heterocycles. The Kier molecular flexibility index (Phi) is 7.45. The maximum absolute atomic E-state index is 13.8. The van der Waals surface area contributed by atoms with Crippen molar-refractivity contribution in [3.05, 3.63) is 113 Å². The molecular formula is C28H28FN3O3. The van der Waals surface area contributed by atoms with Crippen LogP contribution < -0.4 is 5.32 Å². The molecule has 2 aromatic heterocycles. The lowest BCUT2D eigenvalue weighted by Gasteiger charge is -2.24. The Labute approximate surface area is 204 Å². The van der Waals surface area contributed by atoms with Crippen LogP contribution >= 0.6 is 0 Å². The van der Waals surface area contributed by atoms with E-state index in [0.717, 1.165) is 17.7 Å². The molecule has 2 aromatic carbocycles. The van der Waals surface area contributed by atoms with Crippen molar-refractivity contribution < 1.29 is 18.4 Å². The lowest BCUT2D eigenvalue weighted by Crippen LogP contribution is -2.32. The number of nitrogens with one attached hydrogen (secondary N) is 1. The number of carbonyl (C=O) groups is 2. The summed E-state index contributed by atoms with van der Waals surface area (Å²) in [4.78, 5) is 27.6. The number of para-hydroxylation sites is 1. The van der Waals surface area contributed by atoms with Gasteiger partial charge in [0.05, 0.1) is 18.8 Å². The molecule has 0 saturated carbocycles. The van der Waals surface area contributed by atoms with Gasteiger partial charge in [-0.1, -0.05) is 37.3 Å². The zero-order valence-corrected chi connectivity index (χ0v) is 19.8. The first-order chi connectivity index (χ1) is 17.0. The summed E-state index contributed by atoms with van der Waals surface area (Å²) in [6.07, 6.45) is 2.76. The number of aromatic nitrogens is 1. The number of carbonyl (C=O) groups excluding carboxylic acids is 2. The van der Waals surface area contributed by atoms with E-state index in [-0.39, 0.29) is 17.4 Å². The van der Waals surface area contributed by atoms with Crippen LogP contribution in [0.4, 0.5) is 10.1 Å². The summed E-state index contributed by atoms with van der Waals surface area (Å²) in [6.45, 7) is 5.48. The molecule has 4 rings (SSSR count). The van der Waals surface area contributed by atoms with Gasteiger partial charge in [0.1, 0.15) is 11.6 Å². The molecule has 2 amide bonds. The van der Waals surface area contributed by atoms with Crippen LogP contribution in [-0.4, -0.2) is 27.8 Å². The normalized spacial score (nSPS) is 10.8. The standard InChI is InChI=1S/C28H28FN3O3/c1-3-16-32(28(34)23-11-5-4-9-20(23)2)18-21-10-8-17-31(21)19-22-14-15-26(35-22)27(33)30-25-13-7-6-12-24(25)29/h4-15,17H,3,16,18-19H2,1-2H3,(H,30,33). The van der Waals surface area contributed by atoms with E-state index in [1.807, 2.05) is 65.9 Å². The number of rotatable bonds is 9. The molecule has 35 heavy (non-hydrogen) atoms. The van der Waals surface area contributed by atoms with Gasteiger partial charge in [-0.2, -0.15) is 0 Å². The van der Waals surface area contributed by atoms with Gasteiger partial charge in [-0.25, -0.2) is 4.39 Å². The number of hydrogen-bond donors (Lipinski definition) is 1. The van der Waals surface area contributed by atoms with Crippen LogP contribution in [0.3, 0.4) is 0 Å². The van der Waals surface area contributed by atoms with Crippen LogP contribution in [0.25, 0.3) is 0 Å². The molecule has 0 radical (unpaired) electrons. The van der Waals surface area contributed by atoms with Crippen molar-refractivity contribution in [2.75, 3.05) is 11.9 Å². The summed E-state index contributed by atoms with van der Waals surface area (Å²) in [7, 11) is 0. The third-order valence-corrected chi connectivity index (χ3v) is 5.77. The van der Waals surface area contributed by atoms with Gasteiger partial charge in [0.15, 0.2) is 5.76 Å². The topological polar surface area (TPSA) is 67.5 Å². The van der Waals surface area contributed by atoms with Crippen molar-refractivity contribution in [2.45, 2.75) is 33.4 Å². The van der Waals surface area contributed by atoms with E-state index < -0.39 is 11.7 Å². The molecule has 0 bridgehead atoms. The summed E-state index contributed by atoms with van der Waals surface area (Å²) >= 11 is 0.